The molecule has 0 radical (unpaired) electrons. The van der Waals surface area contributed by atoms with E-state index in [2.05, 4.69) is 36.0 Å². The third-order valence-electron chi connectivity index (χ3n) is 2.95. The maximum Gasteiger partial charge on any atom is 0.534 e. The number of alkyl halides is 3. The quantitative estimate of drug-likeness (QED) is 0.372. The Morgan fingerprint density at radius 3 is 2.39 bits per heavy atom. The second kappa shape index (κ2) is 5.38. The van der Waals surface area contributed by atoms with Crippen LogP contribution < -0.4 is 4.18 Å². The lowest BCUT2D eigenvalue weighted by Gasteiger charge is -2.09. The molecule has 3 aromatic rings. The van der Waals surface area contributed by atoms with Crippen LogP contribution in [0.5, 0.6) is 5.75 Å². The topological polar surface area (TPSA) is 56.5 Å². The molecule has 0 fully saturated rings. The summed E-state index contributed by atoms with van der Waals surface area (Å²) in [4.78, 5) is 0. The van der Waals surface area contributed by atoms with Crippen LogP contribution in [0.2, 0.25) is 0 Å². The lowest BCUT2D eigenvalue weighted by Crippen LogP contribution is -2.28. The van der Waals surface area contributed by atoms with Gasteiger partial charge in [-0.05, 0) is 46.3 Å². The molecule has 0 saturated carbocycles. The first-order valence-electron chi connectivity index (χ1n) is 5.90. The first-order valence-corrected chi connectivity index (χ1v) is 8.90. The van der Waals surface area contributed by atoms with E-state index < -0.39 is 21.4 Å². The van der Waals surface area contributed by atoms with Crippen molar-refractivity contribution in [3.8, 4) is 5.75 Å². The average molecular weight is 474 g/mol. The molecule has 3 rings (SSSR count). The van der Waals surface area contributed by atoms with Gasteiger partial charge < -0.3 is 8.60 Å². The zero-order chi connectivity index (χ0) is 17.0. The van der Waals surface area contributed by atoms with Gasteiger partial charge in [0, 0.05) is 15.2 Å². The fourth-order valence-corrected chi connectivity index (χ4v) is 3.31. The van der Waals surface area contributed by atoms with Crippen LogP contribution in [0.1, 0.15) is 0 Å². The van der Waals surface area contributed by atoms with E-state index in [-0.39, 0.29) is 4.47 Å². The summed E-state index contributed by atoms with van der Waals surface area (Å²) >= 11 is 6.42. The SMILES string of the molecule is O=S(=O)(Oc1cc(Br)c2oc3cc(Br)ccc3c2c1)C(F)(F)F. The van der Waals surface area contributed by atoms with Crippen molar-refractivity contribution in [2.24, 2.45) is 0 Å². The van der Waals surface area contributed by atoms with E-state index >= 15 is 0 Å². The highest BCUT2D eigenvalue weighted by Gasteiger charge is 2.48. The van der Waals surface area contributed by atoms with Crippen LogP contribution >= 0.6 is 31.9 Å². The molecular weight excluding hydrogens is 469 g/mol. The molecular formula is C13H5Br2F3O4S. The lowest BCUT2D eigenvalue weighted by molar-refractivity contribution is -0.0500. The Morgan fingerprint density at radius 2 is 1.74 bits per heavy atom. The van der Waals surface area contributed by atoms with Crippen molar-refractivity contribution < 1.29 is 30.2 Å². The lowest BCUT2D eigenvalue weighted by atomic mass is 10.1. The van der Waals surface area contributed by atoms with Crippen molar-refractivity contribution in [3.63, 3.8) is 0 Å². The molecule has 1 heterocycles. The molecule has 0 aliphatic rings. The van der Waals surface area contributed by atoms with Crippen molar-refractivity contribution in [1.82, 2.24) is 0 Å². The highest BCUT2D eigenvalue weighted by Crippen LogP contribution is 2.38. The van der Waals surface area contributed by atoms with Gasteiger partial charge in [-0.1, -0.05) is 15.9 Å². The maximum atomic E-state index is 12.4. The van der Waals surface area contributed by atoms with Gasteiger partial charge in [0.05, 0.1) is 4.47 Å². The molecule has 10 heteroatoms. The largest absolute Gasteiger partial charge is 0.534 e. The Morgan fingerprint density at radius 1 is 1.04 bits per heavy atom. The molecule has 122 valence electrons. The summed E-state index contributed by atoms with van der Waals surface area (Å²) in [5.74, 6) is -0.465. The van der Waals surface area contributed by atoms with Crippen LogP contribution in [0.4, 0.5) is 13.2 Å². The highest BCUT2D eigenvalue weighted by atomic mass is 79.9. The van der Waals surface area contributed by atoms with Crippen LogP contribution in [0.3, 0.4) is 0 Å². The third kappa shape index (κ3) is 2.94. The van der Waals surface area contributed by atoms with Crippen LogP contribution in [-0.2, 0) is 10.1 Å². The summed E-state index contributed by atoms with van der Waals surface area (Å²) in [6.45, 7) is 0. The molecule has 2 aromatic carbocycles. The average Bonchev–Trinajstić information content (AvgIpc) is 2.75. The molecule has 23 heavy (non-hydrogen) atoms. The minimum Gasteiger partial charge on any atom is -0.455 e. The van der Waals surface area contributed by atoms with Crippen molar-refractivity contribution in [2.75, 3.05) is 0 Å². The Bertz CT molecular complexity index is 1030. The van der Waals surface area contributed by atoms with Crippen LogP contribution in [0, 0.1) is 0 Å². The second-order valence-electron chi connectivity index (χ2n) is 4.51. The minimum absolute atomic E-state index is 0.273. The fraction of sp³-hybridized carbons (Fsp3) is 0.0769. The van der Waals surface area contributed by atoms with Gasteiger partial charge in [0.1, 0.15) is 16.9 Å². The van der Waals surface area contributed by atoms with E-state index in [1.54, 1.807) is 18.2 Å². The van der Waals surface area contributed by atoms with Crippen molar-refractivity contribution in [2.45, 2.75) is 5.51 Å². The maximum absolute atomic E-state index is 12.4. The molecule has 4 nitrogen and oxygen atoms in total. The molecule has 0 aliphatic heterocycles. The van der Waals surface area contributed by atoms with Gasteiger partial charge in [0.15, 0.2) is 0 Å². The predicted molar refractivity (Wildman–Crippen MR) is 84.7 cm³/mol. The number of rotatable bonds is 2. The summed E-state index contributed by atoms with van der Waals surface area (Å²) in [6.07, 6.45) is 0. The molecule has 0 bridgehead atoms. The summed E-state index contributed by atoms with van der Waals surface area (Å²) < 4.78 is 70.3. The highest BCUT2D eigenvalue weighted by molar-refractivity contribution is 9.11. The molecule has 0 N–H and O–H groups in total. The van der Waals surface area contributed by atoms with Crippen molar-refractivity contribution >= 4 is 63.9 Å². The van der Waals surface area contributed by atoms with Crippen LogP contribution in [0.15, 0.2) is 43.7 Å². The number of hydrogen-bond acceptors (Lipinski definition) is 4. The number of hydrogen-bond donors (Lipinski definition) is 0. The van der Waals surface area contributed by atoms with E-state index in [4.69, 9.17) is 4.42 Å². The van der Waals surface area contributed by atoms with Crippen LogP contribution in [0.25, 0.3) is 21.9 Å². The zero-order valence-corrected chi connectivity index (χ0v) is 14.8. The van der Waals surface area contributed by atoms with Gasteiger partial charge in [-0.15, -0.1) is 0 Å². The zero-order valence-electron chi connectivity index (χ0n) is 10.8. The Balaban J connectivity index is 2.19. The monoisotopic (exact) mass is 472 g/mol. The van der Waals surface area contributed by atoms with Gasteiger partial charge in [-0.2, -0.15) is 21.6 Å². The number of fused-ring (bicyclic) bond motifs is 3. The summed E-state index contributed by atoms with van der Waals surface area (Å²) in [7, 11) is -5.74. The van der Waals surface area contributed by atoms with Gasteiger partial charge in [-0.3, -0.25) is 0 Å². The summed E-state index contributed by atoms with van der Waals surface area (Å²) in [5.41, 5.74) is -4.64. The third-order valence-corrected chi connectivity index (χ3v) is 5.01. The molecule has 0 aliphatic carbocycles. The van der Waals surface area contributed by atoms with Gasteiger partial charge in [0.25, 0.3) is 0 Å². The molecule has 1 aromatic heterocycles. The molecule has 0 saturated heterocycles. The number of benzene rings is 2. The summed E-state index contributed by atoms with van der Waals surface area (Å²) in [6, 6.07) is 7.39. The Labute approximate surface area is 144 Å². The van der Waals surface area contributed by atoms with E-state index in [1.807, 2.05) is 0 Å². The Kier molecular flexibility index (Phi) is 3.88. The number of furan rings is 1. The van der Waals surface area contributed by atoms with E-state index in [0.717, 1.165) is 10.5 Å². The van der Waals surface area contributed by atoms with E-state index in [0.29, 0.717) is 21.9 Å². The molecule has 0 unspecified atom stereocenters. The van der Waals surface area contributed by atoms with Crippen molar-refractivity contribution in [1.29, 1.82) is 0 Å². The number of halogens is 5. The standard InChI is InChI=1S/C13H5Br2F3O4S/c14-6-1-2-8-9-4-7(22-23(19,20)13(16,17)18)5-10(15)12(9)21-11(8)3-6/h1-5H. The molecule has 0 atom stereocenters. The van der Waals surface area contributed by atoms with Gasteiger partial charge >= 0.3 is 15.6 Å². The van der Waals surface area contributed by atoms with Gasteiger partial charge in [0.2, 0.25) is 0 Å². The van der Waals surface area contributed by atoms with E-state index in [9.17, 15) is 21.6 Å². The molecule has 0 amide bonds. The first-order chi connectivity index (χ1) is 10.6. The first kappa shape index (κ1) is 16.6. The minimum atomic E-state index is -5.74. The van der Waals surface area contributed by atoms with E-state index in [1.165, 1.54) is 6.07 Å². The smallest absolute Gasteiger partial charge is 0.455 e. The Hall–Kier alpha value is -1.26. The predicted octanol–water partition coefficient (Wildman–Crippen LogP) is 5.34. The normalized spacial score (nSPS) is 12.9. The second-order valence-corrected chi connectivity index (χ2v) is 7.82. The fourth-order valence-electron chi connectivity index (χ4n) is 2.01. The van der Waals surface area contributed by atoms with Gasteiger partial charge in [-0.25, -0.2) is 0 Å². The van der Waals surface area contributed by atoms with Crippen molar-refractivity contribution in [3.05, 3.63) is 39.3 Å². The molecule has 0 spiro atoms. The summed E-state index contributed by atoms with van der Waals surface area (Å²) in [5, 5.41) is 1.04. The van der Waals surface area contributed by atoms with Crippen LogP contribution in [-0.4, -0.2) is 13.9 Å².